The number of hydrogen-bond donors (Lipinski definition) is 1. The maximum atomic E-state index is 6.24. The third-order valence-electron chi connectivity index (χ3n) is 3.02. The summed E-state index contributed by atoms with van der Waals surface area (Å²) in [4.78, 5) is 6.68. The molecule has 2 nitrogen and oxygen atoms in total. The fourth-order valence-corrected chi connectivity index (χ4v) is 3.37. The van der Waals surface area contributed by atoms with Crippen LogP contribution in [0.2, 0.25) is 5.02 Å². The molecule has 0 atom stereocenters. The molecular weight excluding hydrogens is 288 g/mol. The van der Waals surface area contributed by atoms with Gasteiger partial charge in [0.25, 0.3) is 0 Å². The summed E-state index contributed by atoms with van der Waals surface area (Å²) in [5, 5.41) is 1.73. The van der Waals surface area contributed by atoms with E-state index >= 15 is 0 Å². The second kappa shape index (κ2) is 5.35. The molecule has 0 unspecified atom stereocenters. The largest absolute Gasteiger partial charge is 0.398 e. The number of nitrogen functional groups attached to an aromatic ring is 1. The summed E-state index contributed by atoms with van der Waals surface area (Å²) < 4.78 is 0. The highest BCUT2D eigenvalue weighted by molar-refractivity contribution is 7.99. The maximum absolute atomic E-state index is 6.24. The number of rotatable bonds is 2. The summed E-state index contributed by atoms with van der Waals surface area (Å²) in [5.41, 5.74) is 8.58. The van der Waals surface area contributed by atoms with E-state index in [9.17, 15) is 0 Å². The lowest BCUT2D eigenvalue weighted by molar-refractivity contribution is 1.22. The minimum Gasteiger partial charge on any atom is -0.398 e. The lowest BCUT2D eigenvalue weighted by Gasteiger charge is -2.10. The molecule has 0 aliphatic heterocycles. The Labute approximate surface area is 127 Å². The first-order valence-electron chi connectivity index (χ1n) is 6.23. The SMILES string of the molecule is Cc1cc(Sc2ccccc2N)c2cccc(Cl)c2n1. The van der Waals surface area contributed by atoms with Crippen LogP contribution < -0.4 is 5.73 Å². The van der Waals surface area contributed by atoms with E-state index in [1.165, 1.54) is 0 Å². The highest BCUT2D eigenvalue weighted by Gasteiger charge is 2.09. The van der Waals surface area contributed by atoms with Gasteiger partial charge in [-0.2, -0.15) is 0 Å². The molecule has 3 rings (SSSR count). The highest BCUT2D eigenvalue weighted by Crippen LogP contribution is 2.37. The molecule has 1 aromatic heterocycles. The van der Waals surface area contributed by atoms with Crippen LogP contribution in [0.5, 0.6) is 0 Å². The van der Waals surface area contributed by atoms with Crippen LogP contribution in [-0.2, 0) is 0 Å². The van der Waals surface area contributed by atoms with Crippen molar-refractivity contribution >= 4 is 40.0 Å². The Bertz CT molecular complexity index is 787. The Kier molecular flexibility index (Phi) is 3.55. The lowest BCUT2D eigenvalue weighted by Crippen LogP contribution is -1.90. The van der Waals surface area contributed by atoms with E-state index in [2.05, 4.69) is 11.1 Å². The van der Waals surface area contributed by atoms with Gasteiger partial charge < -0.3 is 5.73 Å². The Morgan fingerprint density at radius 2 is 1.85 bits per heavy atom. The zero-order valence-electron chi connectivity index (χ0n) is 10.9. The van der Waals surface area contributed by atoms with Crippen molar-refractivity contribution in [3.05, 3.63) is 59.2 Å². The minimum absolute atomic E-state index is 0.675. The van der Waals surface area contributed by atoms with Crippen LogP contribution in [0.4, 0.5) is 5.69 Å². The number of pyridine rings is 1. The fraction of sp³-hybridized carbons (Fsp3) is 0.0625. The quantitative estimate of drug-likeness (QED) is 0.682. The van der Waals surface area contributed by atoms with E-state index in [0.29, 0.717) is 5.02 Å². The lowest BCUT2D eigenvalue weighted by atomic mass is 10.2. The van der Waals surface area contributed by atoms with Crippen molar-refractivity contribution in [3.63, 3.8) is 0 Å². The number of nitrogens with two attached hydrogens (primary N) is 1. The zero-order chi connectivity index (χ0) is 14.1. The number of aryl methyl sites for hydroxylation is 1. The van der Waals surface area contributed by atoms with E-state index in [1.807, 2.05) is 49.4 Å². The third-order valence-corrected chi connectivity index (χ3v) is 4.47. The number of para-hydroxylation sites is 2. The average molecular weight is 301 g/mol. The van der Waals surface area contributed by atoms with Gasteiger partial charge in [-0.1, -0.05) is 47.6 Å². The first-order valence-corrected chi connectivity index (χ1v) is 7.43. The molecule has 100 valence electrons. The van der Waals surface area contributed by atoms with Crippen molar-refractivity contribution in [1.29, 1.82) is 0 Å². The Balaban J connectivity index is 2.17. The predicted octanol–water partition coefficient (Wildman–Crippen LogP) is 4.93. The molecule has 0 amide bonds. The van der Waals surface area contributed by atoms with Crippen LogP contribution in [0.1, 0.15) is 5.69 Å². The number of aromatic nitrogens is 1. The summed E-state index contributed by atoms with van der Waals surface area (Å²) >= 11 is 7.88. The molecule has 20 heavy (non-hydrogen) atoms. The monoisotopic (exact) mass is 300 g/mol. The first kappa shape index (κ1) is 13.3. The number of fused-ring (bicyclic) bond motifs is 1. The second-order valence-corrected chi connectivity index (χ2v) is 6.03. The van der Waals surface area contributed by atoms with Crippen LogP contribution in [0.25, 0.3) is 10.9 Å². The molecule has 0 spiro atoms. The molecule has 0 saturated heterocycles. The maximum Gasteiger partial charge on any atom is 0.0902 e. The third kappa shape index (κ3) is 2.47. The van der Waals surface area contributed by atoms with Gasteiger partial charge in [0.1, 0.15) is 0 Å². The van der Waals surface area contributed by atoms with Gasteiger partial charge in [-0.25, -0.2) is 0 Å². The second-order valence-electron chi connectivity index (χ2n) is 4.54. The van der Waals surface area contributed by atoms with E-state index in [4.69, 9.17) is 17.3 Å². The number of nitrogens with zero attached hydrogens (tertiary/aromatic N) is 1. The van der Waals surface area contributed by atoms with Gasteiger partial charge >= 0.3 is 0 Å². The van der Waals surface area contributed by atoms with Crippen molar-refractivity contribution in [2.45, 2.75) is 16.7 Å². The average Bonchev–Trinajstić information content (AvgIpc) is 2.42. The summed E-state index contributed by atoms with van der Waals surface area (Å²) in [7, 11) is 0. The van der Waals surface area contributed by atoms with Crippen molar-refractivity contribution < 1.29 is 0 Å². The molecule has 0 radical (unpaired) electrons. The Hall–Kier alpha value is -1.71. The van der Waals surface area contributed by atoms with E-state index in [0.717, 1.165) is 32.1 Å². The van der Waals surface area contributed by atoms with E-state index in [1.54, 1.807) is 11.8 Å². The highest BCUT2D eigenvalue weighted by atomic mass is 35.5. The Morgan fingerprint density at radius 3 is 2.65 bits per heavy atom. The van der Waals surface area contributed by atoms with Gasteiger partial charge in [0.05, 0.1) is 10.5 Å². The van der Waals surface area contributed by atoms with Crippen molar-refractivity contribution in [2.75, 3.05) is 5.73 Å². The standard InChI is InChI=1S/C16H13ClN2S/c1-10-9-15(20-14-8-3-2-7-13(14)18)11-5-4-6-12(17)16(11)19-10/h2-9H,18H2,1H3. The first-order chi connectivity index (χ1) is 9.65. The van der Waals surface area contributed by atoms with Crippen LogP contribution >= 0.6 is 23.4 Å². The molecule has 0 bridgehead atoms. The van der Waals surface area contributed by atoms with Crippen molar-refractivity contribution in [1.82, 2.24) is 4.98 Å². The van der Waals surface area contributed by atoms with Gasteiger partial charge in [0.2, 0.25) is 0 Å². The number of hydrogen-bond acceptors (Lipinski definition) is 3. The minimum atomic E-state index is 0.675. The molecule has 1 heterocycles. The van der Waals surface area contributed by atoms with E-state index < -0.39 is 0 Å². The topological polar surface area (TPSA) is 38.9 Å². The number of halogens is 1. The van der Waals surface area contributed by atoms with Gasteiger partial charge in [-0.3, -0.25) is 4.98 Å². The molecule has 4 heteroatoms. The molecule has 2 aromatic carbocycles. The smallest absolute Gasteiger partial charge is 0.0902 e. The summed E-state index contributed by atoms with van der Waals surface area (Å²) in [6.07, 6.45) is 0. The van der Waals surface area contributed by atoms with Gasteiger partial charge in [0.15, 0.2) is 0 Å². The van der Waals surface area contributed by atoms with Crippen molar-refractivity contribution in [2.24, 2.45) is 0 Å². The van der Waals surface area contributed by atoms with Gasteiger partial charge in [-0.05, 0) is 31.2 Å². The molecule has 0 saturated carbocycles. The van der Waals surface area contributed by atoms with Crippen LogP contribution in [0, 0.1) is 6.92 Å². The van der Waals surface area contributed by atoms with Gasteiger partial charge in [0, 0.05) is 26.6 Å². The van der Waals surface area contributed by atoms with Gasteiger partial charge in [-0.15, -0.1) is 0 Å². The molecule has 0 aliphatic carbocycles. The summed E-state index contributed by atoms with van der Waals surface area (Å²) in [6.45, 7) is 1.97. The summed E-state index contributed by atoms with van der Waals surface area (Å²) in [6, 6.07) is 15.8. The molecule has 2 N–H and O–H groups in total. The number of benzene rings is 2. The normalized spacial score (nSPS) is 10.9. The predicted molar refractivity (Wildman–Crippen MR) is 86.5 cm³/mol. The molecule has 0 fully saturated rings. The van der Waals surface area contributed by atoms with Crippen LogP contribution in [0.3, 0.4) is 0 Å². The van der Waals surface area contributed by atoms with E-state index in [-0.39, 0.29) is 0 Å². The zero-order valence-corrected chi connectivity index (χ0v) is 12.5. The van der Waals surface area contributed by atoms with Crippen LogP contribution in [0.15, 0.2) is 58.3 Å². The molecular formula is C16H13ClN2S. The summed E-state index contributed by atoms with van der Waals surface area (Å²) in [5.74, 6) is 0. The number of anilines is 1. The fourth-order valence-electron chi connectivity index (χ4n) is 2.08. The van der Waals surface area contributed by atoms with Crippen LogP contribution in [-0.4, -0.2) is 4.98 Å². The molecule has 0 aliphatic rings. The Morgan fingerprint density at radius 1 is 1.05 bits per heavy atom. The van der Waals surface area contributed by atoms with Crippen molar-refractivity contribution in [3.8, 4) is 0 Å². The molecule has 3 aromatic rings.